The Balaban J connectivity index is 2.76. The van der Waals surface area contributed by atoms with Crippen LogP contribution in [0.5, 0.6) is 0 Å². The topological polar surface area (TPSA) is 66.6 Å². The van der Waals surface area contributed by atoms with Gasteiger partial charge in [0.15, 0.2) is 0 Å². The lowest BCUT2D eigenvalue weighted by Gasteiger charge is -2.41. The highest BCUT2D eigenvalue weighted by molar-refractivity contribution is 5.82. The molecule has 1 aliphatic rings. The summed E-state index contributed by atoms with van der Waals surface area (Å²) in [6, 6.07) is -0.172. The van der Waals surface area contributed by atoms with E-state index in [-0.39, 0.29) is 29.8 Å². The minimum atomic E-state index is -0.446. The second-order valence-electron chi connectivity index (χ2n) is 6.37. The molecule has 0 radical (unpaired) electrons. The minimum absolute atomic E-state index is 0.0111. The average Bonchev–Trinajstić information content (AvgIpc) is 2.36. The van der Waals surface area contributed by atoms with Crippen LogP contribution in [0.1, 0.15) is 47.5 Å². The molecule has 1 saturated heterocycles. The largest absolute Gasteiger partial charge is 0.339 e. The fourth-order valence-corrected chi connectivity index (χ4v) is 2.92. The predicted molar refractivity (Wildman–Crippen MR) is 80.1 cm³/mol. The summed E-state index contributed by atoms with van der Waals surface area (Å²) in [7, 11) is 0. The van der Waals surface area contributed by atoms with E-state index in [4.69, 9.17) is 5.73 Å². The molecule has 20 heavy (non-hydrogen) atoms. The van der Waals surface area contributed by atoms with E-state index in [0.29, 0.717) is 6.54 Å². The Morgan fingerprint density at radius 1 is 1.25 bits per heavy atom. The van der Waals surface area contributed by atoms with Gasteiger partial charge in [-0.25, -0.2) is 0 Å². The Hall–Kier alpha value is -1.10. The monoisotopic (exact) mass is 283 g/mol. The third-order valence-corrected chi connectivity index (χ3v) is 4.02. The molecular formula is C15H29N3O2. The molecule has 0 saturated carbocycles. The molecule has 0 aliphatic carbocycles. The molecule has 0 aromatic carbocycles. The number of nitrogens with zero attached hydrogens (tertiary/aromatic N) is 2. The molecule has 1 heterocycles. The van der Waals surface area contributed by atoms with E-state index < -0.39 is 6.04 Å². The first kappa shape index (κ1) is 17.0. The number of carbonyl (C=O) groups is 2. The van der Waals surface area contributed by atoms with Gasteiger partial charge in [0.2, 0.25) is 11.8 Å². The molecule has 1 rings (SSSR count). The van der Waals surface area contributed by atoms with Crippen LogP contribution in [0.25, 0.3) is 0 Å². The molecular weight excluding hydrogens is 254 g/mol. The van der Waals surface area contributed by atoms with Crippen molar-refractivity contribution in [2.24, 2.45) is 11.7 Å². The number of carbonyl (C=O) groups excluding carboxylic acids is 2. The van der Waals surface area contributed by atoms with Crippen LogP contribution < -0.4 is 5.73 Å². The summed E-state index contributed by atoms with van der Waals surface area (Å²) in [5, 5.41) is 0. The van der Waals surface area contributed by atoms with E-state index >= 15 is 0 Å². The van der Waals surface area contributed by atoms with Gasteiger partial charge in [0, 0.05) is 32.1 Å². The molecule has 1 unspecified atom stereocenters. The maximum Gasteiger partial charge on any atom is 0.239 e. The van der Waals surface area contributed by atoms with Crippen molar-refractivity contribution in [2.75, 3.05) is 13.1 Å². The van der Waals surface area contributed by atoms with Crippen molar-refractivity contribution in [3.63, 3.8) is 0 Å². The quantitative estimate of drug-likeness (QED) is 0.843. The molecule has 2 amide bonds. The summed E-state index contributed by atoms with van der Waals surface area (Å²) in [4.78, 5) is 27.9. The van der Waals surface area contributed by atoms with E-state index in [1.165, 1.54) is 0 Å². The smallest absolute Gasteiger partial charge is 0.239 e. The van der Waals surface area contributed by atoms with Gasteiger partial charge in [-0.05, 0) is 32.6 Å². The summed E-state index contributed by atoms with van der Waals surface area (Å²) in [6.45, 7) is 10.9. The first-order valence-corrected chi connectivity index (χ1v) is 7.59. The van der Waals surface area contributed by atoms with Crippen molar-refractivity contribution in [3.8, 4) is 0 Å². The van der Waals surface area contributed by atoms with Crippen LogP contribution in [-0.4, -0.2) is 52.8 Å². The molecule has 116 valence electrons. The molecule has 1 aliphatic heterocycles. The maximum atomic E-state index is 12.3. The lowest BCUT2D eigenvalue weighted by Crippen LogP contribution is -2.56. The van der Waals surface area contributed by atoms with Crippen molar-refractivity contribution < 1.29 is 9.59 Å². The van der Waals surface area contributed by atoms with Gasteiger partial charge in [-0.2, -0.15) is 0 Å². The van der Waals surface area contributed by atoms with Gasteiger partial charge in [0.25, 0.3) is 0 Å². The molecule has 0 bridgehead atoms. The van der Waals surface area contributed by atoms with E-state index in [0.717, 1.165) is 19.4 Å². The molecule has 2 N–H and O–H groups in total. The summed E-state index contributed by atoms with van der Waals surface area (Å²) in [5.74, 6) is 0.223. The van der Waals surface area contributed by atoms with Gasteiger partial charge in [-0.3, -0.25) is 9.59 Å². The number of rotatable bonds is 4. The SMILES string of the molecule is CC(=O)N(C(C)C)C1CCCN(C(=O)[C@@H](N)C(C)C)C1. The molecule has 5 nitrogen and oxygen atoms in total. The number of nitrogens with two attached hydrogens (primary N) is 1. The van der Waals surface area contributed by atoms with Crippen LogP contribution in [0.15, 0.2) is 0 Å². The highest BCUT2D eigenvalue weighted by atomic mass is 16.2. The third kappa shape index (κ3) is 3.95. The first-order chi connectivity index (χ1) is 9.25. The van der Waals surface area contributed by atoms with E-state index in [9.17, 15) is 9.59 Å². The third-order valence-electron chi connectivity index (χ3n) is 4.02. The molecule has 0 aromatic rings. The van der Waals surface area contributed by atoms with Crippen LogP contribution in [0.4, 0.5) is 0 Å². The summed E-state index contributed by atoms with van der Waals surface area (Å²) >= 11 is 0. The van der Waals surface area contributed by atoms with Gasteiger partial charge in [-0.1, -0.05) is 13.8 Å². The lowest BCUT2D eigenvalue weighted by atomic mass is 9.99. The predicted octanol–water partition coefficient (Wildman–Crippen LogP) is 1.22. The highest BCUT2D eigenvalue weighted by Crippen LogP contribution is 2.19. The van der Waals surface area contributed by atoms with Crippen molar-refractivity contribution in [1.29, 1.82) is 0 Å². The van der Waals surface area contributed by atoms with Crippen LogP contribution in [-0.2, 0) is 9.59 Å². The average molecular weight is 283 g/mol. The number of amides is 2. The summed E-state index contributed by atoms with van der Waals surface area (Å²) in [5.41, 5.74) is 5.96. The Labute approximate surface area is 122 Å². The van der Waals surface area contributed by atoms with Gasteiger partial charge in [-0.15, -0.1) is 0 Å². The highest BCUT2D eigenvalue weighted by Gasteiger charge is 2.32. The number of likely N-dealkylation sites (tertiary alicyclic amines) is 1. The van der Waals surface area contributed by atoms with Crippen molar-refractivity contribution in [1.82, 2.24) is 9.80 Å². The van der Waals surface area contributed by atoms with Crippen LogP contribution in [0.3, 0.4) is 0 Å². The standard InChI is InChI=1S/C15H29N3O2/c1-10(2)14(16)15(20)17-8-6-7-13(9-17)18(11(3)4)12(5)19/h10-11,13-14H,6-9,16H2,1-5H3/t13?,14-/m0/s1. The Morgan fingerprint density at radius 2 is 1.85 bits per heavy atom. The molecule has 5 heteroatoms. The van der Waals surface area contributed by atoms with E-state index in [2.05, 4.69) is 0 Å². The fraction of sp³-hybridized carbons (Fsp3) is 0.867. The van der Waals surface area contributed by atoms with Gasteiger partial charge in [0.1, 0.15) is 0 Å². The van der Waals surface area contributed by atoms with Crippen molar-refractivity contribution >= 4 is 11.8 Å². The van der Waals surface area contributed by atoms with Crippen molar-refractivity contribution in [2.45, 2.75) is 65.6 Å². The first-order valence-electron chi connectivity index (χ1n) is 7.59. The normalized spacial score (nSPS) is 21.2. The zero-order chi connectivity index (χ0) is 15.4. The van der Waals surface area contributed by atoms with Gasteiger partial charge >= 0.3 is 0 Å². The molecule has 1 fully saturated rings. The molecule has 0 aromatic heterocycles. The molecule has 2 atom stereocenters. The molecule has 0 spiro atoms. The van der Waals surface area contributed by atoms with Gasteiger partial charge < -0.3 is 15.5 Å². The van der Waals surface area contributed by atoms with Crippen LogP contribution in [0, 0.1) is 5.92 Å². The number of hydrogen-bond donors (Lipinski definition) is 1. The summed E-state index contributed by atoms with van der Waals surface area (Å²) < 4.78 is 0. The Kier molecular flexibility index (Phi) is 5.99. The number of hydrogen-bond acceptors (Lipinski definition) is 3. The lowest BCUT2D eigenvalue weighted by molar-refractivity contribution is -0.141. The van der Waals surface area contributed by atoms with Gasteiger partial charge in [0.05, 0.1) is 6.04 Å². The van der Waals surface area contributed by atoms with Crippen molar-refractivity contribution in [3.05, 3.63) is 0 Å². The van der Waals surface area contributed by atoms with E-state index in [1.807, 2.05) is 37.5 Å². The van der Waals surface area contributed by atoms with Crippen LogP contribution >= 0.6 is 0 Å². The second kappa shape index (κ2) is 7.07. The Morgan fingerprint density at radius 3 is 2.30 bits per heavy atom. The number of piperidine rings is 1. The van der Waals surface area contributed by atoms with Crippen LogP contribution in [0.2, 0.25) is 0 Å². The zero-order valence-electron chi connectivity index (χ0n) is 13.4. The maximum absolute atomic E-state index is 12.3. The van der Waals surface area contributed by atoms with E-state index in [1.54, 1.807) is 6.92 Å². The zero-order valence-corrected chi connectivity index (χ0v) is 13.4. The Bertz CT molecular complexity index is 355. The fourth-order valence-electron chi connectivity index (χ4n) is 2.92. The second-order valence-corrected chi connectivity index (χ2v) is 6.37. The minimum Gasteiger partial charge on any atom is -0.339 e. The summed E-state index contributed by atoms with van der Waals surface area (Å²) in [6.07, 6.45) is 1.89.